The van der Waals surface area contributed by atoms with Gasteiger partial charge in [0.25, 0.3) is 5.91 Å². The summed E-state index contributed by atoms with van der Waals surface area (Å²) in [6.07, 6.45) is 0.794. The van der Waals surface area contributed by atoms with Crippen LogP contribution in [0.4, 0.5) is 21.9 Å². The fraction of sp³-hybridized carbons (Fsp3) is 0.182. The number of nitrogens with zero attached hydrogens (tertiary/aromatic N) is 1. The number of hydrogen-bond acceptors (Lipinski definition) is 5. The molecule has 0 spiro atoms. The number of carbonyl (C=O) groups excluding carboxylic acids is 2. The van der Waals surface area contributed by atoms with Crippen LogP contribution in [0.1, 0.15) is 15.2 Å². The van der Waals surface area contributed by atoms with Gasteiger partial charge in [-0.15, -0.1) is 11.3 Å². The summed E-state index contributed by atoms with van der Waals surface area (Å²) >= 11 is 1.42. The van der Waals surface area contributed by atoms with E-state index in [2.05, 4.69) is 10.6 Å². The molecule has 0 radical (unpaired) electrons. The van der Waals surface area contributed by atoms with Gasteiger partial charge in [-0.2, -0.15) is 0 Å². The van der Waals surface area contributed by atoms with E-state index < -0.39 is 6.03 Å². The first-order chi connectivity index (χ1) is 14.6. The summed E-state index contributed by atoms with van der Waals surface area (Å²) in [6.45, 7) is 0.630. The lowest BCUT2D eigenvalue weighted by atomic mass is 10.1. The Kier molecular flexibility index (Phi) is 5.58. The van der Waals surface area contributed by atoms with E-state index in [-0.39, 0.29) is 5.91 Å². The first-order valence-electron chi connectivity index (χ1n) is 9.37. The number of anilines is 3. The first-order valence-corrected chi connectivity index (χ1v) is 10.2. The van der Waals surface area contributed by atoms with Crippen LogP contribution in [0.5, 0.6) is 11.5 Å². The minimum atomic E-state index is -0.403. The monoisotopic (exact) mass is 423 g/mol. The zero-order valence-electron chi connectivity index (χ0n) is 16.6. The van der Waals surface area contributed by atoms with Crippen LogP contribution in [0.15, 0.2) is 53.9 Å². The lowest BCUT2D eigenvalue weighted by molar-refractivity contribution is 0.0993. The number of fused-ring (bicyclic) bond motifs is 1. The molecule has 1 aromatic heterocycles. The second kappa shape index (κ2) is 8.46. The molecule has 0 saturated heterocycles. The third kappa shape index (κ3) is 4.08. The number of benzene rings is 2. The molecule has 30 heavy (non-hydrogen) atoms. The molecule has 154 valence electrons. The second-order valence-electron chi connectivity index (χ2n) is 6.71. The number of hydrogen-bond donors (Lipinski definition) is 2. The highest BCUT2D eigenvalue weighted by Crippen LogP contribution is 2.33. The van der Waals surface area contributed by atoms with Gasteiger partial charge in [0.1, 0.15) is 11.5 Å². The number of nitrogens with one attached hydrogen (secondary N) is 2. The van der Waals surface area contributed by atoms with Crippen molar-refractivity contribution in [3.8, 4) is 11.5 Å². The summed E-state index contributed by atoms with van der Waals surface area (Å²) < 4.78 is 10.4. The largest absolute Gasteiger partial charge is 0.497 e. The van der Waals surface area contributed by atoms with Gasteiger partial charge in [-0.3, -0.25) is 4.79 Å². The van der Waals surface area contributed by atoms with Gasteiger partial charge >= 0.3 is 6.03 Å². The Morgan fingerprint density at radius 2 is 1.70 bits per heavy atom. The van der Waals surface area contributed by atoms with Crippen molar-refractivity contribution >= 4 is 40.3 Å². The van der Waals surface area contributed by atoms with Gasteiger partial charge in [0.05, 0.1) is 19.1 Å². The van der Waals surface area contributed by atoms with Gasteiger partial charge in [0.2, 0.25) is 0 Å². The summed E-state index contributed by atoms with van der Waals surface area (Å²) in [7, 11) is 3.10. The molecule has 0 fully saturated rings. The summed E-state index contributed by atoms with van der Waals surface area (Å²) in [6, 6.07) is 14.0. The quantitative estimate of drug-likeness (QED) is 0.628. The Labute approximate surface area is 178 Å². The molecule has 0 unspecified atom stereocenters. The molecule has 2 heterocycles. The SMILES string of the molecule is COc1cc(NC(=O)Nc2ccc3c(c2)N(C(=O)c2cccs2)CC3)cc(OC)c1. The Bertz CT molecular complexity index is 1060. The molecule has 4 rings (SSSR count). The molecular weight excluding hydrogens is 402 g/mol. The minimum absolute atomic E-state index is 0.0196. The summed E-state index contributed by atoms with van der Waals surface area (Å²) in [5.41, 5.74) is 3.06. The Morgan fingerprint density at radius 3 is 2.37 bits per heavy atom. The van der Waals surface area contributed by atoms with E-state index in [4.69, 9.17) is 9.47 Å². The normalized spacial score (nSPS) is 12.3. The number of thiophene rings is 1. The molecule has 0 saturated carbocycles. The summed E-state index contributed by atoms with van der Waals surface area (Å²) in [5, 5.41) is 7.49. The van der Waals surface area contributed by atoms with Crippen molar-refractivity contribution in [2.24, 2.45) is 0 Å². The fourth-order valence-electron chi connectivity index (χ4n) is 3.37. The van der Waals surface area contributed by atoms with Crippen molar-refractivity contribution in [2.45, 2.75) is 6.42 Å². The van der Waals surface area contributed by atoms with Gasteiger partial charge in [-0.25, -0.2) is 4.79 Å². The Hall–Kier alpha value is -3.52. The van der Waals surface area contributed by atoms with Crippen LogP contribution in [0, 0.1) is 0 Å². The predicted octanol–water partition coefficient (Wildman–Crippen LogP) is 4.61. The number of carbonyl (C=O) groups is 2. The Morgan fingerprint density at radius 1 is 0.967 bits per heavy atom. The van der Waals surface area contributed by atoms with E-state index in [1.165, 1.54) is 11.3 Å². The van der Waals surface area contributed by atoms with Crippen molar-refractivity contribution in [3.05, 3.63) is 64.4 Å². The number of methoxy groups -OCH3 is 2. The van der Waals surface area contributed by atoms with E-state index in [1.54, 1.807) is 37.3 Å². The van der Waals surface area contributed by atoms with Gasteiger partial charge in [0.15, 0.2) is 0 Å². The van der Waals surface area contributed by atoms with E-state index in [0.29, 0.717) is 34.3 Å². The van der Waals surface area contributed by atoms with Crippen LogP contribution < -0.4 is 25.0 Å². The number of ether oxygens (including phenoxy) is 2. The minimum Gasteiger partial charge on any atom is -0.497 e. The zero-order valence-corrected chi connectivity index (χ0v) is 17.4. The van der Waals surface area contributed by atoms with Crippen LogP contribution >= 0.6 is 11.3 Å². The molecule has 3 aromatic rings. The molecule has 7 nitrogen and oxygen atoms in total. The zero-order chi connectivity index (χ0) is 21.1. The third-order valence-electron chi connectivity index (χ3n) is 4.83. The van der Waals surface area contributed by atoms with Crippen LogP contribution in [0.2, 0.25) is 0 Å². The van der Waals surface area contributed by atoms with Crippen molar-refractivity contribution < 1.29 is 19.1 Å². The lowest BCUT2D eigenvalue weighted by Crippen LogP contribution is -2.28. The second-order valence-corrected chi connectivity index (χ2v) is 7.66. The smallest absolute Gasteiger partial charge is 0.323 e. The number of amides is 3. The van der Waals surface area contributed by atoms with Gasteiger partial charge < -0.3 is 25.0 Å². The topological polar surface area (TPSA) is 79.9 Å². The highest BCUT2D eigenvalue weighted by Gasteiger charge is 2.26. The molecule has 3 amide bonds. The standard InChI is InChI=1S/C22H21N3O4S/c1-28-17-10-16(11-18(13-17)29-2)24-22(27)23-15-6-5-14-7-8-25(19(14)12-15)21(26)20-4-3-9-30-20/h3-6,9-13H,7-8H2,1-2H3,(H2,23,24,27). The van der Waals surface area contributed by atoms with Crippen LogP contribution in [0.25, 0.3) is 0 Å². The number of rotatable bonds is 5. The molecule has 2 N–H and O–H groups in total. The van der Waals surface area contributed by atoms with Crippen molar-refractivity contribution in [1.82, 2.24) is 0 Å². The van der Waals surface area contributed by atoms with E-state index >= 15 is 0 Å². The first kappa shape index (κ1) is 19.8. The van der Waals surface area contributed by atoms with Crippen molar-refractivity contribution in [3.63, 3.8) is 0 Å². The third-order valence-corrected chi connectivity index (χ3v) is 5.68. The molecule has 8 heteroatoms. The summed E-state index contributed by atoms with van der Waals surface area (Å²) in [5.74, 6) is 1.13. The molecule has 0 aliphatic carbocycles. The maximum absolute atomic E-state index is 12.8. The van der Waals surface area contributed by atoms with Crippen LogP contribution in [0.3, 0.4) is 0 Å². The molecule has 1 aliphatic rings. The van der Waals surface area contributed by atoms with Gasteiger partial charge in [0, 0.05) is 41.8 Å². The average molecular weight is 423 g/mol. The van der Waals surface area contributed by atoms with Crippen LogP contribution in [-0.4, -0.2) is 32.7 Å². The van der Waals surface area contributed by atoms with Gasteiger partial charge in [-0.1, -0.05) is 12.1 Å². The number of urea groups is 1. The lowest BCUT2D eigenvalue weighted by Gasteiger charge is -2.17. The predicted molar refractivity (Wildman–Crippen MR) is 118 cm³/mol. The molecule has 0 atom stereocenters. The maximum atomic E-state index is 12.8. The van der Waals surface area contributed by atoms with Crippen molar-refractivity contribution in [2.75, 3.05) is 36.3 Å². The maximum Gasteiger partial charge on any atom is 0.323 e. The van der Waals surface area contributed by atoms with E-state index in [1.807, 2.05) is 35.7 Å². The van der Waals surface area contributed by atoms with Gasteiger partial charge in [-0.05, 0) is 35.6 Å². The van der Waals surface area contributed by atoms with E-state index in [0.717, 1.165) is 17.7 Å². The molecule has 2 aromatic carbocycles. The van der Waals surface area contributed by atoms with Crippen LogP contribution in [-0.2, 0) is 6.42 Å². The Balaban J connectivity index is 1.49. The fourth-order valence-corrected chi connectivity index (χ4v) is 4.05. The van der Waals surface area contributed by atoms with E-state index in [9.17, 15) is 9.59 Å². The molecule has 1 aliphatic heterocycles. The molecular formula is C22H21N3O4S. The summed E-state index contributed by atoms with van der Waals surface area (Å²) in [4.78, 5) is 27.7. The molecule has 0 bridgehead atoms. The highest BCUT2D eigenvalue weighted by molar-refractivity contribution is 7.12. The highest BCUT2D eigenvalue weighted by atomic mass is 32.1. The average Bonchev–Trinajstić information content (AvgIpc) is 3.42. The van der Waals surface area contributed by atoms with Crippen molar-refractivity contribution in [1.29, 1.82) is 0 Å².